The topological polar surface area (TPSA) is 35.5 Å². The fraction of sp³-hybridized carbons (Fsp3) is 0.897. The molecule has 0 amide bonds. The quantitative estimate of drug-likeness (QED) is 0.281. The summed E-state index contributed by atoms with van der Waals surface area (Å²) in [7, 11) is -3.86. The molecule has 0 aromatic carbocycles. The molecule has 3 aliphatic carbocycles. The SMILES string of the molecule is CC(C)(C)[Si](C)(C)O[C@@H](C#C[C@H]1C2CCC(=O)C2C[C@@H]1O[Si](C)(C)C(C)(C)C)C1CCCCC1. The Morgan fingerprint density at radius 2 is 1.47 bits per heavy atom. The monoisotopic (exact) mass is 504 g/mol. The summed E-state index contributed by atoms with van der Waals surface area (Å²) in [5.41, 5.74) is 0. The summed E-state index contributed by atoms with van der Waals surface area (Å²) in [6, 6.07) is 0. The van der Waals surface area contributed by atoms with E-state index in [2.05, 4.69) is 79.6 Å². The van der Waals surface area contributed by atoms with Crippen LogP contribution >= 0.6 is 0 Å². The Kier molecular flexibility index (Phi) is 8.41. The van der Waals surface area contributed by atoms with E-state index in [1.54, 1.807) is 0 Å². The molecule has 0 bridgehead atoms. The summed E-state index contributed by atoms with van der Waals surface area (Å²) >= 11 is 0. The molecule has 0 saturated heterocycles. The Morgan fingerprint density at radius 1 is 0.882 bits per heavy atom. The number of hydrogen-bond donors (Lipinski definition) is 0. The Labute approximate surface area is 212 Å². The van der Waals surface area contributed by atoms with Crippen molar-refractivity contribution in [2.45, 2.75) is 141 Å². The van der Waals surface area contributed by atoms with Crippen molar-refractivity contribution in [1.82, 2.24) is 0 Å². The molecular weight excluding hydrogens is 452 g/mol. The molecule has 0 N–H and O–H groups in total. The highest BCUT2D eigenvalue weighted by molar-refractivity contribution is 6.74. The molecule has 3 nitrogen and oxygen atoms in total. The second-order valence-electron chi connectivity index (χ2n) is 14.4. The summed E-state index contributed by atoms with van der Waals surface area (Å²) < 4.78 is 13.9. The number of Topliss-reactive ketones (excluding diaryl/α,β-unsaturated/α-hetero) is 1. The molecule has 0 aromatic heterocycles. The fourth-order valence-electron chi connectivity index (χ4n) is 5.57. The third-order valence-corrected chi connectivity index (χ3v) is 18.9. The maximum Gasteiger partial charge on any atom is 0.193 e. The van der Waals surface area contributed by atoms with Crippen LogP contribution in [0.5, 0.6) is 0 Å². The molecule has 0 radical (unpaired) electrons. The average molecular weight is 505 g/mol. The van der Waals surface area contributed by atoms with Gasteiger partial charge in [0.25, 0.3) is 0 Å². The number of rotatable bonds is 5. The van der Waals surface area contributed by atoms with Gasteiger partial charge in [-0.1, -0.05) is 72.6 Å². The van der Waals surface area contributed by atoms with Crippen LogP contribution in [0.15, 0.2) is 0 Å². The molecule has 2 unspecified atom stereocenters. The predicted octanol–water partition coefficient (Wildman–Crippen LogP) is 7.97. The number of fused-ring (bicyclic) bond motifs is 1. The maximum absolute atomic E-state index is 12.7. The summed E-state index contributed by atoms with van der Waals surface area (Å²) in [6.45, 7) is 23.2. The lowest BCUT2D eigenvalue weighted by atomic mass is 9.85. The average Bonchev–Trinajstić information content (AvgIpc) is 3.23. The van der Waals surface area contributed by atoms with E-state index < -0.39 is 16.6 Å². The van der Waals surface area contributed by atoms with Crippen molar-refractivity contribution >= 4 is 22.4 Å². The van der Waals surface area contributed by atoms with Gasteiger partial charge in [-0.15, -0.1) is 0 Å². The van der Waals surface area contributed by atoms with Crippen LogP contribution in [0.25, 0.3) is 0 Å². The van der Waals surface area contributed by atoms with E-state index in [0.29, 0.717) is 17.6 Å². The highest BCUT2D eigenvalue weighted by atomic mass is 28.4. The molecule has 5 atom stereocenters. The highest BCUT2D eigenvalue weighted by Crippen LogP contribution is 2.49. The first-order chi connectivity index (χ1) is 15.5. The van der Waals surface area contributed by atoms with Crippen LogP contribution in [0.3, 0.4) is 0 Å². The zero-order valence-corrected chi connectivity index (χ0v) is 25.8. The minimum absolute atomic E-state index is 0.0193. The minimum atomic E-state index is -1.94. The second kappa shape index (κ2) is 10.2. The van der Waals surface area contributed by atoms with Crippen LogP contribution in [0.1, 0.15) is 92.9 Å². The van der Waals surface area contributed by atoms with Gasteiger partial charge in [0.1, 0.15) is 11.9 Å². The van der Waals surface area contributed by atoms with Crippen LogP contribution in [0, 0.1) is 35.5 Å². The first-order valence-corrected chi connectivity index (χ1v) is 19.7. The van der Waals surface area contributed by atoms with Gasteiger partial charge in [0.2, 0.25) is 0 Å². The van der Waals surface area contributed by atoms with E-state index in [4.69, 9.17) is 8.85 Å². The Bertz CT molecular complexity index is 787. The first-order valence-electron chi connectivity index (χ1n) is 13.9. The summed E-state index contributed by atoms with van der Waals surface area (Å²) in [5.74, 6) is 9.17. The number of ketones is 1. The van der Waals surface area contributed by atoms with Crippen molar-refractivity contribution in [1.29, 1.82) is 0 Å². The second-order valence-corrected chi connectivity index (χ2v) is 24.0. The van der Waals surface area contributed by atoms with Gasteiger partial charge in [-0.3, -0.25) is 4.79 Å². The van der Waals surface area contributed by atoms with E-state index in [0.717, 1.165) is 19.3 Å². The highest BCUT2D eigenvalue weighted by Gasteiger charge is 2.52. The van der Waals surface area contributed by atoms with Gasteiger partial charge in [0.15, 0.2) is 16.6 Å². The van der Waals surface area contributed by atoms with Crippen molar-refractivity contribution in [3.8, 4) is 11.8 Å². The van der Waals surface area contributed by atoms with Gasteiger partial charge in [-0.2, -0.15) is 0 Å². The van der Waals surface area contributed by atoms with Crippen molar-refractivity contribution in [2.75, 3.05) is 0 Å². The normalized spacial score (nSPS) is 30.1. The molecule has 0 spiro atoms. The standard InChI is InChI=1S/C29H52O3Si2/c1-28(2,3)33(7,8)31-26(21-14-12-11-13-15-21)19-17-23-22-16-18-25(30)24(22)20-27(23)32-34(9,10)29(4,5)6/h21-24,26-27H,11-16,18,20H2,1-10H3/t22?,23-,24?,26-,27-/m0/s1. The predicted molar refractivity (Wildman–Crippen MR) is 148 cm³/mol. The minimum Gasteiger partial charge on any atom is -0.413 e. The molecule has 3 rings (SSSR count). The molecule has 34 heavy (non-hydrogen) atoms. The fourth-order valence-corrected chi connectivity index (χ4v) is 8.17. The van der Waals surface area contributed by atoms with E-state index >= 15 is 0 Å². The third-order valence-electron chi connectivity index (χ3n) is 9.95. The summed E-state index contributed by atoms with van der Waals surface area (Å²) in [4.78, 5) is 12.7. The zero-order chi connectivity index (χ0) is 25.5. The Balaban J connectivity index is 1.90. The van der Waals surface area contributed by atoms with E-state index in [-0.39, 0.29) is 34.1 Å². The first kappa shape index (κ1) is 28.2. The molecular formula is C29H52O3Si2. The summed E-state index contributed by atoms with van der Waals surface area (Å²) in [6.07, 6.45) is 9.08. The van der Waals surface area contributed by atoms with Gasteiger partial charge in [-0.05, 0) is 73.8 Å². The van der Waals surface area contributed by atoms with Crippen molar-refractivity contribution in [2.24, 2.45) is 23.7 Å². The van der Waals surface area contributed by atoms with Crippen LogP contribution in [0.4, 0.5) is 0 Å². The number of carbonyl (C=O) groups excluding carboxylic acids is 1. The van der Waals surface area contributed by atoms with Gasteiger partial charge < -0.3 is 8.85 Å². The smallest absolute Gasteiger partial charge is 0.193 e. The van der Waals surface area contributed by atoms with Crippen LogP contribution < -0.4 is 0 Å². The van der Waals surface area contributed by atoms with E-state index in [9.17, 15) is 4.79 Å². The van der Waals surface area contributed by atoms with E-state index in [1.165, 1.54) is 32.1 Å². The molecule has 0 heterocycles. The Morgan fingerprint density at radius 3 is 2.03 bits per heavy atom. The lowest BCUT2D eigenvalue weighted by molar-refractivity contribution is -0.121. The number of hydrogen-bond acceptors (Lipinski definition) is 3. The molecule has 3 saturated carbocycles. The van der Waals surface area contributed by atoms with Crippen LogP contribution in [-0.2, 0) is 13.6 Å². The van der Waals surface area contributed by atoms with Gasteiger partial charge >= 0.3 is 0 Å². The third kappa shape index (κ3) is 6.10. The maximum atomic E-state index is 12.7. The van der Waals surface area contributed by atoms with Gasteiger partial charge in [0, 0.05) is 18.3 Å². The van der Waals surface area contributed by atoms with Crippen LogP contribution in [0.2, 0.25) is 36.3 Å². The Hall–Kier alpha value is -0.416. The van der Waals surface area contributed by atoms with Gasteiger partial charge in [0.05, 0.1) is 6.10 Å². The van der Waals surface area contributed by atoms with E-state index in [1.807, 2.05) is 0 Å². The van der Waals surface area contributed by atoms with Crippen molar-refractivity contribution in [3.05, 3.63) is 0 Å². The summed E-state index contributed by atoms with van der Waals surface area (Å²) in [5, 5.41) is 0.328. The lowest BCUT2D eigenvalue weighted by Gasteiger charge is -2.41. The lowest BCUT2D eigenvalue weighted by Crippen LogP contribution is -2.46. The molecule has 3 aliphatic rings. The molecule has 194 valence electrons. The van der Waals surface area contributed by atoms with Crippen molar-refractivity contribution < 1.29 is 13.6 Å². The largest absolute Gasteiger partial charge is 0.413 e. The molecule has 0 aliphatic heterocycles. The molecule has 3 fully saturated rings. The molecule has 0 aromatic rings. The number of carbonyl (C=O) groups is 1. The zero-order valence-electron chi connectivity index (χ0n) is 23.8. The van der Waals surface area contributed by atoms with Crippen molar-refractivity contribution in [3.63, 3.8) is 0 Å². The van der Waals surface area contributed by atoms with Crippen LogP contribution in [-0.4, -0.2) is 34.6 Å². The van der Waals surface area contributed by atoms with Gasteiger partial charge in [-0.25, -0.2) is 0 Å². The molecule has 5 heteroatoms.